The quantitative estimate of drug-likeness (QED) is 0.360. The van der Waals surface area contributed by atoms with Crippen molar-refractivity contribution in [3.05, 3.63) is 0 Å². The second-order valence-electron chi connectivity index (χ2n) is 2.25. The van der Waals surface area contributed by atoms with Gasteiger partial charge < -0.3 is 22.3 Å². The Balaban J connectivity index is 4.23. The van der Waals surface area contributed by atoms with Crippen molar-refractivity contribution in [3.63, 3.8) is 0 Å². The molecule has 0 amide bonds. The molecular formula is C5H13N3O2. The smallest absolute Gasteiger partial charge is 0.340 e. The van der Waals surface area contributed by atoms with Crippen LogP contribution in [0.2, 0.25) is 0 Å². The Hall–Kier alpha value is -0.650. The standard InChI is InChI=1S/C5H13N3O2/c1-2-3(6)5(7,8)4(9)10/h3H,2,6-8H2,1H3,(H,9,10). The molecule has 0 fully saturated rings. The van der Waals surface area contributed by atoms with Gasteiger partial charge in [-0.3, -0.25) is 0 Å². The highest BCUT2D eigenvalue weighted by atomic mass is 16.4. The first-order valence-electron chi connectivity index (χ1n) is 2.99. The van der Waals surface area contributed by atoms with Crippen LogP contribution in [0.5, 0.6) is 0 Å². The van der Waals surface area contributed by atoms with Crippen molar-refractivity contribution >= 4 is 5.97 Å². The molecule has 60 valence electrons. The molecule has 0 aliphatic heterocycles. The van der Waals surface area contributed by atoms with Crippen LogP contribution in [0.15, 0.2) is 0 Å². The van der Waals surface area contributed by atoms with Gasteiger partial charge in [-0.15, -0.1) is 0 Å². The number of rotatable bonds is 3. The van der Waals surface area contributed by atoms with E-state index in [4.69, 9.17) is 22.3 Å². The van der Waals surface area contributed by atoms with E-state index in [2.05, 4.69) is 0 Å². The second-order valence-corrected chi connectivity index (χ2v) is 2.25. The summed E-state index contributed by atoms with van der Waals surface area (Å²) in [5.74, 6) is -1.28. The summed E-state index contributed by atoms with van der Waals surface area (Å²) in [6.07, 6.45) is 0.444. The highest BCUT2D eigenvalue weighted by molar-refractivity contribution is 5.78. The molecule has 0 radical (unpaired) electrons. The van der Waals surface area contributed by atoms with E-state index in [1.165, 1.54) is 0 Å². The van der Waals surface area contributed by atoms with Gasteiger partial charge in [-0.25, -0.2) is 4.79 Å². The fraction of sp³-hybridized carbons (Fsp3) is 0.800. The van der Waals surface area contributed by atoms with Crippen molar-refractivity contribution in [1.29, 1.82) is 0 Å². The molecule has 7 N–H and O–H groups in total. The molecule has 10 heavy (non-hydrogen) atoms. The zero-order chi connectivity index (χ0) is 8.36. The van der Waals surface area contributed by atoms with E-state index >= 15 is 0 Å². The van der Waals surface area contributed by atoms with Crippen molar-refractivity contribution in [2.45, 2.75) is 25.0 Å². The van der Waals surface area contributed by atoms with Gasteiger partial charge in [0, 0.05) is 6.04 Å². The summed E-state index contributed by atoms with van der Waals surface area (Å²) in [5, 5.41) is 8.41. The highest BCUT2D eigenvalue weighted by Crippen LogP contribution is 2.00. The first kappa shape index (κ1) is 9.35. The molecule has 1 atom stereocenters. The Kier molecular flexibility index (Phi) is 2.77. The first-order valence-corrected chi connectivity index (χ1v) is 2.99. The van der Waals surface area contributed by atoms with E-state index in [1.54, 1.807) is 6.92 Å². The monoisotopic (exact) mass is 147 g/mol. The van der Waals surface area contributed by atoms with Crippen LogP contribution in [0.3, 0.4) is 0 Å². The lowest BCUT2D eigenvalue weighted by Gasteiger charge is -2.25. The third kappa shape index (κ3) is 1.66. The van der Waals surface area contributed by atoms with Crippen LogP contribution in [0, 0.1) is 0 Å². The Morgan fingerprint density at radius 1 is 1.70 bits per heavy atom. The number of nitrogens with two attached hydrogens (primary N) is 3. The minimum absolute atomic E-state index is 0.444. The molecule has 0 aromatic heterocycles. The normalized spacial score (nSPS) is 14.8. The van der Waals surface area contributed by atoms with E-state index in [1.807, 2.05) is 0 Å². The van der Waals surface area contributed by atoms with Gasteiger partial charge >= 0.3 is 5.97 Å². The lowest BCUT2D eigenvalue weighted by molar-refractivity contribution is -0.144. The van der Waals surface area contributed by atoms with Gasteiger partial charge in [0.2, 0.25) is 0 Å². The van der Waals surface area contributed by atoms with Crippen LogP contribution in [0.1, 0.15) is 13.3 Å². The van der Waals surface area contributed by atoms with Crippen LogP contribution in [-0.4, -0.2) is 22.8 Å². The summed E-state index contributed by atoms with van der Waals surface area (Å²) in [6, 6.07) is -0.704. The molecular weight excluding hydrogens is 134 g/mol. The van der Waals surface area contributed by atoms with Crippen molar-refractivity contribution in [3.8, 4) is 0 Å². The number of carboxylic acids is 1. The zero-order valence-electron chi connectivity index (χ0n) is 5.87. The molecule has 0 aliphatic carbocycles. The second kappa shape index (κ2) is 2.96. The van der Waals surface area contributed by atoms with Crippen molar-refractivity contribution in [1.82, 2.24) is 0 Å². The van der Waals surface area contributed by atoms with Crippen LogP contribution >= 0.6 is 0 Å². The fourth-order valence-corrected chi connectivity index (χ4v) is 0.496. The zero-order valence-corrected chi connectivity index (χ0v) is 5.87. The first-order chi connectivity index (χ1) is 4.42. The van der Waals surface area contributed by atoms with Crippen LogP contribution in [-0.2, 0) is 4.79 Å². The summed E-state index contributed by atoms with van der Waals surface area (Å²) in [5.41, 5.74) is 13.9. The predicted molar refractivity (Wildman–Crippen MR) is 37.0 cm³/mol. The maximum atomic E-state index is 10.3. The van der Waals surface area contributed by atoms with Gasteiger partial charge in [-0.1, -0.05) is 6.92 Å². The molecule has 0 aliphatic rings. The predicted octanol–water partition coefficient (Wildman–Crippen LogP) is -1.58. The van der Waals surface area contributed by atoms with E-state index in [0.29, 0.717) is 6.42 Å². The largest absolute Gasteiger partial charge is 0.479 e. The Labute approximate surface area is 59.2 Å². The maximum absolute atomic E-state index is 10.3. The van der Waals surface area contributed by atoms with E-state index in [-0.39, 0.29) is 0 Å². The van der Waals surface area contributed by atoms with Crippen LogP contribution < -0.4 is 17.2 Å². The number of hydrogen-bond acceptors (Lipinski definition) is 4. The minimum Gasteiger partial charge on any atom is -0.479 e. The molecule has 0 aromatic rings. The summed E-state index contributed by atoms with van der Waals surface area (Å²) >= 11 is 0. The van der Waals surface area contributed by atoms with Crippen molar-refractivity contribution in [2.24, 2.45) is 17.2 Å². The van der Waals surface area contributed by atoms with Gasteiger partial charge in [0.25, 0.3) is 0 Å². The molecule has 5 nitrogen and oxygen atoms in total. The third-order valence-electron chi connectivity index (χ3n) is 1.42. The van der Waals surface area contributed by atoms with Crippen LogP contribution in [0.25, 0.3) is 0 Å². The Bertz CT molecular complexity index is 135. The summed E-state index contributed by atoms with van der Waals surface area (Å²) in [6.45, 7) is 1.72. The topological polar surface area (TPSA) is 115 Å². The number of hydrogen-bond donors (Lipinski definition) is 4. The summed E-state index contributed by atoms with van der Waals surface area (Å²) in [7, 11) is 0. The van der Waals surface area contributed by atoms with Crippen molar-refractivity contribution in [2.75, 3.05) is 0 Å². The van der Waals surface area contributed by atoms with Crippen LogP contribution in [0.4, 0.5) is 0 Å². The average Bonchev–Trinajstić information content (AvgIpc) is 1.86. The molecule has 1 unspecified atom stereocenters. The molecule has 0 bridgehead atoms. The molecule has 0 aromatic carbocycles. The summed E-state index contributed by atoms with van der Waals surface area (Å²) in [4.78, 5) is 10.3. The molecule has 0 spiro atoms. The average molecular weight is 147 g/mol. The van der Waals surface area contributed by atoms with Crippen molar-refractivity contribution < 1.29 is 9.90 Å². The number of carbonyl (C=O) groups is 1. The lowest BCUT2D eigenvalue weighted by atomic mass is 10.0. The fourth-order valence-electron chi connectivity index (χ4n) is 0.496. The van der Waals surface area contributed by atoms with Gasteiger partial charge in [0.05, 0.1) is 0 Å². The number of carboxylic acid groups (broad SMARTS) is 1. The molecule has 5 heteroatoms. The SMILES string of the molecule is CCC(N)C(N)(N)C(=O)O. The lowest BCUT2D eigenvalue weighted by Crippen LogP contribution is -2.67. The molecule has 0 heterocycles. The minimum atomic E-state index is -1.80. The van der Waals surface area contributed by atoms with E-state index in [9.17, 15) is 4.79 Å². The molecule has 0 saturated carbocycles. The van der Waals surface area contributed by atoms with E-state index < -0.39 is 17.7 Å². The third-order valence-corrected chi connectivity index (χ3v) is 1.42. The molecule has 0 rings (SSSR count). The van der Waals surface area contributed by atoms with E-state index in [0.717, 1.165) is 0 Å². The van der Waals surface area contributed by atoms with Gasteiger partial charge in [-0.05, 0) is 6.42 Å². The van der Waals surface area contributed by atoms with Gasteiger partial charge in [0.1, 0.15) is 0 Å². The van der Waals surface area contributed by atoms with Gasteiger partial charge in [-0.2, -0.15) is 0 Å². The Morgan fingerprint density at radius 3 is 2.20 bits per heavy atom. The summed E-state index contributed by atoms with van der Waals surface area (Å²) < 4.78 is 0. The number of aliphatic carboxylic acids is 1. The maximum Gasteiger partial charge on any atom is 0.340 e. The highest BCUT2D eigenvalue weighted by Gasteiger charge is 2.34. The Morgan fingerprint density at radius 2 is 2.10 bits per heavy atom. The van der Waals surface area contributed by atoms with Gasteiger partial charge in [0.15, 0.2) is 5.66 Å². The molecule has 0 saturated heterocycles.